The predicted octanol–water partition coefficient (Wildman–Crippen LogP) is 3.03. The van der Waals surface area contributed by atoms with E-state index in [-0.39, 0.29) is 12.4 Å². The SMILES string of the molecule is CCNc1ncnc2sc3c(c12)CCC3.Cl. The second-order valence-corrected chi connectivity index (χ2v) is 4.87. The summed E-state index contributed by atoms with van der Waals surface area (Å²) in [5, 5.41) is 4.60. The van der Waals surface area contributed by atoms with Crippen LogP contribution >= 0.6 is 23.7 Å². The third kappa shape index (κ3) is 1.66. The second-order valence-electron chi connectivity index (χ2n) is 3.79. The molecule has 0 radical (unpaired) electrons. The fourth-order valence-electron chi connectivity index (χ4n) is 2.23. The van der Waals surface area contributed by atoms with Crippen molar-refractivity contribution in [2.24, 2.45) is 0 Å². The van der Waals surface area contributed by atoms with Crippen LogP contribution in [-0.4, -0.2) is 16.5 Å². The molecule has 0 bridgehead atoms. The van der Waals surface area contributed by atoms with Gasteiger partial charge in [0.1, 0.15) is 17.0 Å². The number of nitrogens with zero attached hydrogens (tertiary/aromatic N) is 2. The number of halogens is 1. The van der Waals surface area contributed by atoms with Gasteiger partial charge in [0.25, 0.3) is 0 Å². The average molecular weight is 256 g/mol. The number of hydrogen-bond acceptors (Lipinski definition) is 4. The van der Waals surface area contributed by atoms with Crippen LogP contribution in [0.25, 0.3) is 10.2 Å². The number of hydrogen-bond donors (Lipinski definition) is 1. The zero-order chi connectivity index (χ0) is 10.3. The van der Waals surface area contributed by atoms with Crippen LogP contribution in [0.2, 0.25) is 0 Å². The van der Waals surface area contributed by atoms with E-state index in [1.54, 1.807) is 6.33 Å². The maximum atomic E-state index is 4.35. The Kier molecular flexibility index (Phi) is 3.30. The average Bonchev–Trinajstić information content (AvgIpc) is 2.77. The van der Waals surface area contributed by atoms with E-state index in [0.717, 1.165) is 17.2 Å². The molecule has 0 saturated heterocycles. The van der Waals surface area contributed by atoms with E-state index in [1.807, 2.05) is 11.3 Å². The summed E-state index contributed by atoms with van der Waals surface area (Å²) >= 11 is 1.84. The second kappa shape index (κ2) is 4.55. The lowest BCUT2D eigenvalue weighted by Gasteiger charge is -2.04. The lowest BCUT2D eigenvalue weighted by molar-refractivity contribution is 0.917. The summed E-state index contributed by atoms with van der Waals surface area (Å²) in [7, 11) is 0. The van der Waals surface area contributed by atoms with Gasteiger partial charge in [-0.15, -0.1) is 23.7 Å². The first-order chi connectivity index (χ1) is 7.40. The summed E-state index contributed by atoms with van der Waals surface area (Å²) < 4.78 is 0. The minimum absolute atomic E-state index is 0. The molecule has 3 nitrogen and oxygen atoms in total. The summed E-state index contributed by atoms with van der Waals surface area (Å²) in [6.45, 7) is 3.01. The van der Waals surface area contributed by atoms with Crippen LogP contribution < -0.4 is 5.32 Å². The van der Waals surface area contributed by atoms with Crippen molar-refractivity contribution < 1.29 is 0 Å². The van der Waals surface area contributed by atoms with Crippen LogP contribution in [0.15, 0.2) is 6.33 Å². The lowest BCUT2D eigenvalue weighted by atomic mass is 10.2. The molecule has 0 amide bonds. The number of nitrogens with one attached hydrogen (secondary N) is 1. The van der Waals surface area contributed by atoms with Gasteiger partial charge < -0.3 is 5.32 Å². The molecule has 86 valence electrons. The Balaban J connectivity index is 0.000000963. The van der Waals surface area contributed by atoms with Crippen LogP contribution in [0, 0.1) is 0 Å². The highest BCUT2D eigenvalue weighted by Gasteiger charge is 2.20. The maximum absolute atomic E-state index is 4.35. The highest BCUT2D eigenvalue weighted by Crippen LogP contribution is 2.38. The van der Waals surface area contributed by atoms with Crippen molar-refractivity contribution in [3.05, 3.63) is 16.8 Å². The van der Waals surface area contributed by atoms with Gasteiger partial charge in [0.15, 0.2) is 0 Å². The Morgan fingerprint density at radius 3 is 3.06 bits per heavy atom. The Labute approximate surface area is 105 Å². The van der Waals surface area contributed by atoms with Crippen molar-refractivity contribution in [3.8, 4) is 0 Å². The van der Waals surface area contributed by atoms with Gasteiger partial charge in [-0.25, -0.2) is 9.97 Å². The number of fused-ring (bicyclic) bond motifs is 3. The van der Waals surface area contributed by atoms with Crippen molar-refractivity contribution in [2.45, 2.75) is 26.2 Å². The quantitative estimate of drug-likeness (QED) is 0.896. The summed E-state index contributed by atoms with van der Waals surface area (Å²) in [4.78, 5) is 11.3. The van der Waals surface area contributed by atoms with Gasteiger partial charge in [-0.05, 0) is 31.7 Å². The van der Waals surface area contributed by atoms with Crippen molar-refractivity contribution in [3.63, 3.8) is 0 Å². The van der Waals surface area contributed by atoms with Gasteiger partial charge in [0.05, 0.1) is 5.39 Å². The van der Waals surface area contributed by atoms with Crippen molar-refractivity contribution in [1.82, 2.24) is 9.97 Å². The molecule has 0 spiro atoms. The summed E-state index contributed by atoms with van der Waals surface area (Å²) in [5.74, 6) is 1.02. The van der Waals surface area contributed by atoms with Gasteiger partial charge in [-0.1, -0.05) is 0 Å². The Hall–Kier alpha value is -0.870. The molecule has 1 aliphatic rings. The van der Waals surface area contributed by atoms with Crippen molar-refractivity contribution >= 4 is 39.8 Å². The van der Waals surface area contributed by atoms with E-state index in [4.69, 9.17) is 0 Å². The molecule has 2 aromatic rings. The smallest absolute Gasteiger partial charge is 0.138 e. The molecule has 0 saturated carbocycles. The molecule has 0 fully saturated rings. The van der Waals surface area contributed by atoms with Crippen LogP contribution in [0.3, 0.4) is 0 Å². The molecule has 2 aromatic heterocycles. The van der Waals surface area contributed by atoms with Gasteiger partial charge in [-0.3, -0.25) is 0 Å². The molecule has 1 N–H and O–H groups in total. The number of anilines is 1. The highest BCUT2D eigenvalue weighted by molar-refractivity contribution is 7.19. The predicted molar refractivity (Wildman–Crippen MR) is 70.9 cm³/mol. The zero-order valence-corrected chi connectivity index (χ0v) is 10.7. The molecule has 5 heteroatoms. The molecule has 0 aromatic carbocycles. The van der Waals surface area contributed by atoms with Crippen molar-refractivity contribution in [2.75, 3.05) is 11.9 Å². The van der Waals surface area contributed by atoms with E-state index in [0.29, 0.717) is 0 Å². The Morgan fingerprint density at radius 2 is 2.25 bits per heavy atom. The molecular formula is C11H14ClN3S. The number of rotatable bonds is 2. The molecule has 0 aliphatic heterocycles. The van der Waals surface area contributed by atoms with Gasteiger partial charge >= 0.3 is 0 Å². The number of aryl methyl sites for hydroxylation is 2. The Morgan fingerprint density at radius 1 is 1.38 bits per heavy atom. The molecule has 0 atom stereocenters. The number of thiophene rings is 1. The van der Waals surface area contributed by atoms with Crippen LogP contribution in [0.4, 0.5) is 5.82 Å². The van der Waals surface area contributed by atoms with E-state index < -0.39 is 0 Å². The van der Waals surface area contributed by atoms with Crippen LogP contribution in [0.1, 0.15) is 23.8 Å². The van der Waals surface area contributed by atoms with E-state index in [1.165, 1.54) is 35.1 Å². The highest BCUT2D eigenvalue weighted by atomic mass is 35.5. The largest absolute Gasteiger partial charge is 0.370 e. The van der Waals surface area contributed by atoms with E-state index >= 15 is 0 Å². The van der Waals surface area contributed by atoms with Gasteiger partial charge in [0.2, 0.25) is 0 Å². The molecular weight excluding hydrogens is 242 g/mol. The molecule has 3 rings (SSSR count). The maximum Gasteiger partial charge on any atom is 0.138 e. The minimum atomic E-state index is 0. The van der Waals surface area contributed by atoms with E-state index in [2.05, 4.69) is 22.2 Å². The first kappa shape index (κ1) is 11.6. The first-order valence-corrected chi connectivity index (χ1v) is 6.21. The fraction of sp³-hybridized carbons (Fsp3) is 0.455. The molecule has 2 heterocycles. The topological polar surface area (TPSA) is 37.8 Å². The third-order valence-corrected chi connectivity index (χ3v) is 4.05. The summed E-state index contributed by atoms with van der Waals surface area (Å²) in [6.07, 6.45) is 5.37. The van der Waals surface area contributed by atoms with E-state index in [9.17, 15) is 0 Å². The lowest BCUT2D eigenvalue weighted by Crippen LogP contribution is -2.00. The molecule has 1 aliphatic carbocycles. The fourth-order valence-corrected chi connectivity index (χ4v) is 3.46. The monoisotopic (exact) mass is 255 g/mol. The molecule has 0 unspecified atom stereocenters. The minimum Gasteiger partial charge on any atom is -0.370 e. The summed E-state index contributed by atoms with van der Waals surface area (Å²) in [6, 6.07) is 0. The van der Waals surface area contributed by atoms with Crippen LogP contribution in [-0.2, 0) is 12.8 Å². The summed E-state index contributed by atoms with van der Waals surface area (Å²) in [5.41, 5.74) is 1.49. The zero-order valence-electron chi connectivity index (χ0n) is 9.12. The van der Waals surface area contributed by atoms with Crippen LogP contribution in [0.5, 0.6) is 0 Å². The van der Waals surface area contributed by atoms with Crippen molar-refractivity contribution in [1.29, 1.82) is 0 Å². The standard InChI is InChI=1S/C11H13N3S.ClH/c1-2-12-10-9-7-4-3-5-8(7)15-11(9)14-6-13-10;/h6H,2-5H2,1H3,(H,12,13,14);1H. The van der Waals surface area contributed by atoms with Gasteiger partial charge in [0, 0.05) is 11.4 Å². The molecule has 16 heavy (non-hydrogen) atoms. The van der Waals surface area contributed by atoms with Gasteiger partial charge in [-0.2, -0.15) is 0 Å². The number of aromatic nitrogens is 2. The first-order valence-electron chi connectivity index (χ1n) is 5.39. The third-order valence-electron chi connectivity index (χ3n) is 2.85. The Bertz CT molecular complexity index is 509. The normalized spacial score (nSPS) is 13.6.